The molecule has 3 rings (SSSR count). The van der Waals surface area contributed by atoms with Gasteiger partial charge in [-0.3, -0.25) is 9.59 Å². The Labute approximate surface area is 192 Å². The van der Waals surface area contributed by atoms with E-state index in [0.29, 0.717) is 45.2 Å². The second-order valence-electron chi connectivity index (χ2n) is 8.04. The summed E-state index contributed by atoms with van der Waals surface area (Å²) in [6.07, 6.45) is 2.66. The summed E-state index contributed by atoms with van der Waals surface area (Å²) in [7, 11) is 1.64. The fourth-order valence-corrected chi connectivity index (χ4v) is 3.44. The van der Waals surface area contributed by atoms with Crippen molar-refractivity contribution in [2.75, 3.05) is 5.32 Å². The van der Waals surface area contributed by atoms with Crippen LogP contribution in [-0.2, 0) is 11.8 Å². The molecule has 1 aromatic heterocycles. The molecule has 3 aromatic rings. The summed E-state index contributed by atoms with van der Waals surface area (Å²) in [6.45, 7) is 10.7. The lowest BCUT2D eigenvalue weighted by Crippen LogP contribution is -2.17. The highest BCUT2D eigenvalue weighted by Gasteiger charge is 2.18. The highest BCUT2D eigenvalue weighted by atomic mass is 19.1. The highest BCUT2D eigenvalue weighted by molar-refractivity contribution is 5.99. The monoisotopic (exact) mass is 450 g/mol. The number of carbonyl (C=O) groups excluding carboxylic acids is 1. The van der Waals surface area contributed by atoms with E-state index >= 15 is 0 Å². The quantitative estimate of drug-likeness (QED) is 0.482. The molecule has 0 aliphatic rings. The number of rotatable bonds is 7. The number of amides is 1. The number of nitrogens with one attached hydrogen (secondary N) is 1. The van der Waals surface area contributed by atoms with Gasteiger partial charge < -0.3 is 19.4 Å². The minimum Gasteiger partial charge on any atom is -0.490 e. The lowest BCUT2D eigenvalue weighted by atomic mass is 10.0. The average Bonchev–Trinajstić information content (AvgIpc) is 2.73. The summed E-state index contributed by atoms with van der Waals surface area (Å²) in [5.74, 6) is 0.663. The molecule has 6 nitrogen and oxygen atoms in total. The van der Waals surface area contributed by atoms with Gasteiger partial charge in [0.25, 0.3) is 5.56 Å². The van der Waals surface area contributed by atoms with Gasteiger partial charge in [0.05, 0.1) is 6.10 Å². The van der Waals surface area contributed by atoms with Crippen molar-refractivity contribution in [2.24, 2.45) is 7.05 Å². The first kappa shape index (κ1) is 23.8. The van der Waals surface area contributed by atoms with Crippen molar-refractivity contribution in [2.45, 2.75) is 33.8 Å². The number of aryl methyl sites for hydroxylation is 3. The predicted molar refractivity (Wildman–Crippen MR) is 128 cm³/mol. The van der Waals surface area contributed by atoms with Gasteiger partial charge >= 0.3 is 0 Å². The summed E-state index contributed by atoms with van der Waals surface area (Å²) in [5, 5.41) is 2.74. The van der Waals surface area contributed by atoms with Crippen molar-refractivity contribution >= 4 is 11.6 Å². The number of nitrogens with zero attached hydrogens (tertiary/aromatic N) is 1. The van der Waals surface area contributed by atoms with Gasteiger partial charge in [-0.2, -0.15) is 0 Å². The molecule has 33 heavy (non-hydrogen) atoms. The molecule has 1 heterocycles. The van der Waals surface area contributed by atoms with Crippen LogP contribution in [0.1, 0.15) is 25.0 Å². The van der Waals surface area contributed by atoms with Crippen molar-refractivity contribution in [1.82, 2.24) is 4.57 Å². The molecule has 0 saturated heterocycles. The van der Waals surface area contributed by atoms with Crippen molar-refractivity contribution in [3.05, 3.63) is 82.5 Å². The Morgan fingerprint density at radius 2 is 1.76 bits per heavy atom. The van der Waals surface area contributed by atoms with E-state index in [0.717, 1.165) is 0 Å². The van der Waals surface area contributed by atoms with E-state index in [1.165, 1.54) is 28.8 Å². The molecule has 0 fully saturated rings. The fourth-order valence-electron chi connectivity index (χ4n) is 3.44. The third-order valence-corrected chi connectivity index (χ3v) is 4.91. The van der Waals surface area contributed by atoms with Crippen LogP contribution in [0.4, 0.5) is 10.1 Å². The number of benzene rings is 2. The third-order valence-electron chi connectivity index (χ3n) is 4.91. The zero-order valence-electron chi connectivity index (χ0n) is 19.4. The van der Waals surface area contributed by atoms with Gasteiger partial charge in [0.1, 0.15) is 23.1 Å². The van der Waals surface area contributed by atoms with Crippen LogP contribution in [-0.4, -0.2) is 16.6 Å². The maximum Gasteiger partial charge on any atom is 0.254 e. The van der Waals surface area contributed by atoms with Crippen LogP contribution in [0.15, 0.2) is 60.0 Å². The number of carbonyl (C=O) groups is 1. The Balaban J connectivity index is 2.23. The van der Waals surface area contributed by atoms with Crippen LogP contribution in [0.3, 0.4) is 0 Å². The van der Waals surface area contributed by atoms with Crippen molar-refractivity contribution < 1.29 is 18.7 Å². The lowest BCUT2D eigenvalue weighted by molar-refractivity contribution is -0.111. The summed E-state index contributed by atoms with van der Waals surface area (Å²) < 4.78 is 27.4. The number of halogens is 1. The molecule has 1 N–H and O–H groups in total. The summed E-state index contributed by atoms with van der Waals surface area (Å²) in [5.41, 5.74) is 2.76. The van der Waals surface area contributed by atoms with Crippen LogP contribution >= 0.6 is 0 Å². The SMILES string of the molecule is C=CC(=O)Nc1ccc(Oc2c(C)cc(F)cc2C)c(-c2cn(C)c(=O)cc2OC(C)C)c1. The van der Waals surface area contributed by atoms with E-state index in [-0.39, 0.29) is 23.4 Å². The number of ether oxygens (including phenoxy) is 2. The maximum atomic E-state index is 13.8. The van der Waals surface area contributed by atoms with Gasteiger partial charge in [-0.25, -0.2) is 4.39 Å². The Kier molecular flexibility index (Phi) is 7.01. The highest BCUT2D eigenvalue weighted by Crippen LogP contribution is 2.41. The minimum absolute atomic E-state index is 0.175. The molecule has 0 spiro atoms. The fraction of sp³-hybridized carbons (Fsp3) is 0.231. The maximum absolute atomic E-state index is 13.8. The zero-order chi connectivity index (χ0) is 24.3. The van der Waals surface area contributed by atoms with E-state index in [1.54, 1.807) is 45.3 Å². The van der Waals surface area contributed by atoms with Gasteiger partial charge in [-0.05, 0) is 75.2 Å². The first-order valence-electron chi connectivity index (χ1n) is 10.5. The number of hydrogen-bond donors (Lipinski definition) is 1. The first-order chi connectivity index (χ1) is 15.6. The van der Waals surface area contributed by atoms with Crippen LogP contribution in [0, 0.1) is 19.7 Å². The molecule has 0 unspecified atom stereocenters. The summed E-state index contributed by atoms with van der Waals surface area (Å²) in [6, 6.07) is 9.36. The van der Waals surface area contributed by atoms with Crippen LogP contribution in [0.2, 0.25) is 0 Å². The molecule has 172 valence electrons. The van der Waals surface area contributed by atoms with Crippen LogP contribution < -0.4 is 20.3 Å². The second-order valence-corrected chi connectivity index (χ2v) is 8.04. The number of pyridine rings is 1. The summed E-state index contributed by atoms with van der Waals surface area (Å²) in [4.78, 5) is 24.2. The van der Waals surface area contributed by atoms with Crippen LogP contribution in [0.25, 0.3) is 11.1 Å². The lowest BCUT2D eigenvalue weighted by Gasteiger charge is -2.20. The first-order valence-corrected chi connectivity index (χ1v) is 10.5. The Morgan fingerprint density at radius 1 is 1.09 bits per heavy atom. The molecule has 0 atom stereocenters. The Hall–Kier alpha value is -3.87. The van der Waals surface area contributed by atoms with E-state index < -0.39 is 0 Å². The molecule has 0 aliphatic heterocycles. The third kappa shape index (κ3) is 5.49. The zero-order valence-corrected chi connectivity index (χ0v) is 19.4. The molecule has 0 saturated carbocycles. The number of aromatic nitrogens is 1. The van der Waals surface area contributed by atoms with Gasteiger partial charge in [-0.15, -0.1) is 0 Å². The van der Waals surface area contributed by atoms with Gasteiger partial charge in [0.2, 0.25) is 5.91 Å². The van der Waals surface area contributed by atoms with Crippen molar-refractivity contribution in [1.29, 1.82) is 0 Å². The van der Waals surface area contributed by atoms with E-state index in [2.05, 4.69) is 11.9 Å². The molecule has 0 bridgehead atoms. The van der Waals surface area contributed by atoms with E-state index in [9.17, 15) is 14.0 Å². The molecular weight excluding hydrogens is 423 g/mol. The number of anilines is 1. The topological polar surface area (TPSA) is 69.6 Å². The molecule has 2 aromatic carbocycles. The van der Waals surface area contributed by atoms with Gasteiger partial charge in [0, 0.05) is 36.1 Å². The van der Waals surface area contributed by atoms with Crippen molar-refractivity contribution in [3.8, 4) is 28.4 Å². The minimum atomic E-state index is -0.362. The average molecular weight is 451 g/mol. The standard InChI is InChI=1S/C26H27FN2O4/c1-7-24(30)28-19-8-9-22(33-26-16(4)10-18(27)11-17(26)5)20(12-19)21-14-29(6)25(31)13-23(21)32-15(2)3/h7-15H,1H2,2-6H3,(H,28,30). The smallest absolute Gasteiger partial charge is 0.254 e. The van der Waals surface area contributed by atoms with E-state index in [1.807, 2.05) is 13.8 Å². The Bertz CT molecular complexity index is 1250. The molecule has 0 radical (unpaired) electrons. The van der Waals surface area contributed by atoms with Crippen LogP contribution in [0.5, 0.6) is 17.2 Å². The largest absolute Gasteiger partial charge is 0.490 e. The van der Waals surface area contributed by atoms with Gasteiger partial charge in [0.15, 0.2) is 0 Å². The summed E-state index contributed by atoms with van der Waals surface area (Å²) >= 11 is 0. The molecule has 0 aliphatic carbocycles. The normalized spacial score (nSPS) is 10.8. The molecular formula is C26H27FN2O4. The predicted octanol–water partition coefficient (Wildman–Crippen LogP) is 5.51. The van der Waals surface area contributed by atoms with Crippen molar-refractivity contribution in [3.63, 3.8) is 0 Å². The van der Waals surface area contributed by atoms with E-state index in [4.69, 9.17) is 9.47 Å². The Morgan fingerprint density at radius 3 is 2.36 bits per heavy atom. The molecule has 1 amide bonds. The second kappa shape index (κ2) is 9.73. The molecule has 7 heteroatoms. The van der Waals surface area contributed by atoms with Gasteiger partial charge in [-0.1, -0.05) is 6.58 Å². The number of hydrogen-bond acceptors (Lipinski definition) is 4.